The maximum atomic E-state index is 6.44. The Kier molecular flexibility index (Phi) is 7.52. The zero-order valence-corrected chi connectivity index (χ0v) is 30.1. The molecule has 53 heavy (non-hydrogen) atoms. The fraction of sp³-hybridized carbons (Fsp3) is 0. The first-order chi connectivity index (χ1) is 26.3. The van der Waals surface area contributed by atoms with Gasteiger partial charge in [-0.3, -0.25) is 0 Å². The van der Waals surface area contributed by atoms with E-state index in [1.54, 1.807) is 0 Å². The van der Waals surface area contributed by atoms with Crippen molar-refractivity contribution in [2.45, 2.75) is 0 Å². The van der Waals surface area contributed by atoms with E-state index in [0.29, 0.717) is 0 Å². The van der Waals surface area contributed by atoms with Crippen molar-refractivity contribution in [1.82, 2.24) is 0 Å². The third kappa shape index (κ3) is 5.08. The molecular weight excluding hydrogens is 659 g/mol. The minimum absolute atomic E-state index is 0.915. The van der Waals surface area contributed by atoms with E-state index in [-0.39, 0.29) is 0 Å². The quantitative estimate of drug-likeness (QED) is 0.122. The first-order valence-corrected chi connectivity index (χ1v) is 20.2. The summed E-state index contributed by atoms with van der Waals surface area (Å²) in [5.41, 5.74) is 5.18. The van der Waals surface area contributed by atoms with Gasteiger partial charge in [-0.2, -0.15) is 0 Å². The summed E-state index contributed by atoms with van der Waals surface area (Å²) in [4.78, 5) is 2.41. The van der Waals surface area contributed by atoms with Gasteiger partial charge in [0.05, 0.1) is 5.69 Å². The van der Waals surface area contributed by atoms with Crippen LogP contribution < -0.4 is 25.6 Å². The lowest BCUT2D eigenvalue weighted by molar-refractivity contribution is 0.672. The summed E-state index contributed by atoms with van der Waals surface area (Å²) in [6.07, 6.45) is 0. The molecular formula is C50H35NOSi. The summed E-state index contributed by atoms with van der Waals surface area (Å²) in [5, 5.41) is 12.4. The van der Waals surface area contributed by atoms with E-state index in [2.05, 4.69) is 205 Å². The van der Waals surface area contributed by atoms with Gasteiger partial charge in [0.2, 0.25) is 0 Å². The van der Waals surface area contributed by atoms with Crippen molar-refractivity contribution in [3.63, 3.8) is 0 Å². The number of hydrogen-bond donors (Lipinski definition) is 0. The van der Waals surface area contributed by atoms with Crippen LogP contribution in [0, 0.1) is 0 Å². The van der Waals surface area contributed by atoms with Crippen molar-refractivity contribution in [1.29, 1.82) is 0 Å². The molecule has 2 nitrogen and oxygen atoms in total. The van der Waals surface area contributed by atoms with Gasteiger partial charge in [0.1, 0.15) is 11.2 Å². The van der Waals surface area contributed by atoms with Gasteiger partial charge < -0.3 is 9.32 Å². The summed E-state index contributed by atoms with van der Waals surface area (Å²) in [7, 11) is -2.67. The molecule has 250 valence electrons. The van der Waals surface area contributed by atoms with E-state index >= 15 is 0 Å². The summed E-state index contributed by atoms with van der Waals surface area (Å²) in [5.74, 6) is 0. The van der Waals surface area contributed by atoms with E-state index in [9.17, 15) is 0 Å². The Morgan fingerprint density at radius 3 is 1.55 bits per heavy atom. The maximum Gasteiger partial charge on any atom is 0.179 e. The fourth-order valence-electron chi connectivity index (χ4n) is 8.39. The molecule has 0 bridgehead atoms. The second kappa shape index (κ2) is 12.8. The normalized spacial score (nSPS) is 11.8. The minimum atomic E-state index is -2.67. The Bertz CT molecular complexity index is 2780. The highest BCUT2D eigenvalue weighted by molar-refractivity contribution is 7.19. The molecule has 0 saturated carbocycles. The molecule has 1 aromatic heterocycles. The van der Waals surface area contributed by atoms with Gasteiger partial charge in [0, 0.05) is 32.9 Å². The largest absolute Gasteiger partial charge is 0.455 e. The molecule has 0 amide bonds. The van der Waals surface area contributed by atoms with Crippen molar-refractivity contribution in [2.24, 2.45) is 0 Å². The van der Waals surface area contributed by atoms with E-state index in [1.165, 1.54) is 31.5 Å². The Morgan fingerprint density at radius 1 is 0.340 bits per heavy atom. The zero-order chi connectivity index (χ0) is 35.2. The predicted octanol–water partition coefficient (Wildman–Crippen LogP) is 10.7. The molecule has 0 saturated heterocycles. The molecule has 0 atom stereocenters. The van der Waals surface area contributed by atoms with Crippen LogP contribution in [0.25, 0.3) is 43.5 Å². The first-order valence-electron chi connectivity index (χ1n) is 18.2. The Morgan fingerprint density at radius 2 is 0.868 bits per heavy atom. The van der Waals surface area contributed by atoms with Crippen molar-refractivity contribution >= 4 is 89.4 Å². The molecule has 0 radical (unpaired) electrons. The number of furan rings is 1. The molecule has 0 N–H and O–H groups in total. The summed E-state index contributed by atoms with van der Waals surface area (Å²) < 4.78 is 6.44. The number of rotatable bonds is 7. The number of para-hydroxylation sites is 1. The molecule has 0 aliphatic rings. The summed E-state index contributed by atoms with van der Waals surface area (Å²) in [6.45, 7) is 0. The molecule has 9 aromatic carbocycles. The van der Waals surface area contributed by atoms with Gasteiger partial charge in [-0.05, 0) is 80.1 Å². The van der Waals surface area contributed by atoms with Gasteiger partial charge in [-0.1, -0.05) is 164 Å². The molecule has 0 aliphatic heterocycles. The third-order valence-electron chi connectivity index (χ3n) is 10.8. The molecule has 0 spiro atoms. The van der Waals surface area contributed by atoms with Gasteiger partial charge in [-0.15, -0.1) is 0 Å². The van der Waals surface area contributed by atoms with Crippen LogP contribution in [-0.4, -0.2) is 8.07 Å². The monoisotopic (exact) mass is 693 g/mol. The van der Waals surface area contributed by atoms with E-state index in [0.717, 1.165) is 49.8 Å². The summed E-state index contributed by atoms with van der Waals surface area (Å²) in [6, 6.07) is 77.5. The molecule has 0 aliphatic carbocycles. The SMILES string of the molecule is c1ccc([Si](c2ccccc2)(c2ccccc2)c2ccc(N(c3ccc4c(ccc5c6ccccc6oc45)c3)c3cccc4ccccc34)cc2)cc1. The zero-order valence-electron chi connectivity index (χ0n) is 29.1. The average molecular weight is 694 g/mol. The lowest BCUT2D eigenvalue weighted by atomic mass is 10.0. The molecule has 0 unspecified atom stereocenters. The number of anilines is 3. The van der Waals surface area contributed by atoms with Crippen molar-refractivity contribution in [3.8, 4) is 0 Å². The van der Waals surface area contributed by atoms with Crippen LogP contribution in [0.15, 0.2) is 217 Å². The number of benzene rings is 9. The maximum absolute atomic E-state index is 6.44. The van der Waals surface area contributed by atoms with Gasteiger partial charge in [0.15, 0.2) is 8.07 Å². The van der Waals surface area contributed by atoms with Gasteiger partial charge in [0.25, 0.3) is 0 Å². The average Bonchev–Trinajstić information content (AvgIpc) is 3.62. The first kappa shape index (κ1) is 31.1. The molecule has 0 fully saturated rings. The number of nitrogens with zero attached hydrogens (tertiary/aromatic N) is 1. The highest BCUT2D eigenvalue weighted by atomic mass is 28.3. The minimum Gasteiger partial charge on any atom is -0.455 e. The van der Waals surface area contributed by atoms with Crippen LogP contribution >= 0.6 is 0 Å². The number of fused-ring (bicyclic) bond motifs is 6. The van der Waals surface area contributed by atoms with Gasteiger partial charge >= 0.3 is 0 Å². The standard InChI is InChI=1S/C50H35NOSi/c1-4-17-40(18-5-1)53(41-19-6-2-7-20-41,42-21-8-3-9-22-42)43-31-28-38(29-32-43)51(48-25-14-16-36-15-10-11-23-44(36)48)39-30-34-45-37(35-39)27-33-47-46-24-12-13-26-49(46)52-50(45)47/h1-35H. The van der Waals surface area contributed by atoms with Crippen LogP contribution in [0.2, 0.25) is 0 Å². The van der Waals surface area contributed by atoms with E-state index in [4.69, 9.17) is 4.42 Å². The van der Waals surface area contributed by atoms with E-state index in [1.807, 2.05) is 12.1 Å². The Hall–Kier alpha value is -6.68. The second-order valence-electron chi connectivity index (χ2n) is 13.7. The van der Waals surface area contributed by atoms with E-state index < -0.39 is 8.07 Å². The predicted molar refractivity (Wildman–Crippen MR) is 227 cm³/mol. The molecule has 3 heteroatoms. The highest BCUT2D eigenvalue weighted by Crippen LogP contribution is 2.41. The Labute approximate surface area is 309 Å². The molecule has 10 rings (SSSR count). The lowest BCUT2D eigenvalue weighted by Gasteiger charge is -2.35. The van der Waals surface area contributed by atoms with Crippen molar-refractivity contribution in [2.75, 3.05) is 4.90 Å². The van der Waals surface area contributed by atoms with Crippen LogP contribution in [0.1, 0.15) is 0 Å². The van der Waals surface area contributed by atoms with Crippen LogP contribution in [0.5, 0.6) is 0 Å². The van der Waals surface area contributed by atoms with Crippen LogP contribution in [0.3, 0.4) is 0 Å². The molecule has 10 aromatic rings. The third-order valence-corrected chi connectivity index (χ3v) is 15.6. The van der Waals surface area contributed by atoms with Crippen molar-refractivity contribution < 1.29 is 4.42 Å². The van der Waals surface area contributed by atoms with Crippen molar-refractivity contribution in [3.05, 3.63) is 212 Å². The lowest BCUT2D eigenvalue weighted by Crippen LogP contribution is -2.74. The van der Waals surface area contributed by atoms with Crippen LogP contribution in [0.4, 0.5) is 17.1 Å². The number of hydrogen-bond acceptors (Lipinski definition) is 2. The molecule has 1 heterocycles. The van der Waals surface area contributed by atoms with Gasteiger partial charge in [-0.25, -0.2) is 0 Å². The smallest absolute Gasteiger partial charge is 0.179 e. The van der Waals surface area contributed by atoms with Crippen LogP contribution in [-0.2, 0) is 0 Å². The fourth-order valence-corrected chi connectivity index (χ4v) is 13.1. The second-order valence-corrected chi connectivity index (χ2v) is 17.5. The highest BCUT2D eigenvalue weighted by Gasteiger charge is 2.41. The summed E-state index contributed by atoms with van der Waals surface area (Å²) >= 11 is 0. The Balaban J connectivity index is 1.18. The topological polar surface area (TPSA) is 16.4 Å².